The van der Waals surface area contributed by atoms with Crippen molar-refractivity contribution in [3.05, 3.63) is 22.7 Å². The molecule has 1 atom stereocenters. The Morgan fingerprint density at radius 3 is 2.78 bits per heavy atom. The molecule has 0 unspecified atom stereocenters. The first kappa shape index (κ1) is 24.8. The lowest BCUT2D eigenvalue weighted by molar-refractivity contribution is -0.132. The Balaban J connectivity index is 1.96. The summed E-state index contributed by atoms with van der Waals surface area (Å²) >= 11 is 6.60. The number of carbonyl (C=O) groups excluding carboxylic acids is 2. The molecule has 0 bridgehead atoms. The molecular formula is C24H36ClN3O4. The van der Waals surface area contributed by atoms with Crippen LogP contribution in [0.3, 0.4) is 0 Å². The zero-order valence-corrected chi connectivity index (χ0v) is 20.6. The number of hydrogen-bond acceptors (Lipinski definition) is 5. The molecule has 178 valence electrons. The number of ether oxygens (including phenoxy) is 2. The zero-order valence-electron chi connectivity index (χ0n) is 19.9. The number of hydrogen-bond donors (Lipinski definition) is 1. The average Bonchev–Trinajstić information content (AvgIpc) is 2.73. The Morgan fingerprint density at radius 1 is 1.41 bits per heavy atom. The molecule has 0 radical (unpaired) electrons. The molecule has 2 aliphatic heterocycles. The Morgan fingerprint density at radius 2 is 2.16 bits per heavy atom. The highest BCUT2D eigenvalue weighted by Gasteiger charge is 2.42. The van der Waals surface area contributed by atoms with E-state index in [1.54, 1.807) is 30.9 Å². The fourth-order valence-corrected chi connectivity index (χ4v) is 4.71. The summed E-state index contributed by atoms with van der Waals surface area (Å²) in [5, 5.41) is 3.72. The van der Waals surface area contributed by atoms with Crippen LogP contribution in [0.4, 0.5) is 5.69 Å². The van der Waals surface area contributed by atoms with Crippen LogP contribution >= 0.6 is 11.6 Å². The molecule has 2 aliphatic rings. The second-order valence-electron chi connectivity index (χ2n) is 9.23. The first-order chi connectivity index (χ1) is 15.2. The van der Waals surface area contributed by atoms with E-state index in [0.717, 1.165) is 25.9 Å². The Kier molecular flexibility index (Phi) is 8.06. The molecule has 1 aromatic rings. The molecule has 0 aromatic heterocycles. The number of anilines is 1. The van der Waals surface area contributed by atoms with Crippen LogP contribution in [0, 0.1) is 0 Å². The van der Waals surface area contributed by atoms with Gasteiger partial charge >= 0.3 is 0 Å². The van der Waals surface area contributed by atoms with Gasteiger partial charge in [0.25, 0.3) is 11.8 Å². The van der Waals surface area contributed by atoms with Crippen LogP contribution in [0.5, 0.6) is 5.75 Å². The quantitative estimate of drug-likeness (QED) is 0.590. The standard InChI is InChI=1S/C24H36ClN3O4/c1-6-31-12-8-11-27-20-13-18(19(25)14-21(20)32-24(4,5)23(27)30)22(29)28(16(2)3)17-9-7-10-26-15-17/h13-14,16-17,26H,6-12,15H2,1-5H3/t17-/m1/s1. The largest absolute Gasteiger partial charge is 0.476 e. The maximum atomic E-state index is 13.7. The second kappa shape index (κ2) is 10.4. The van der Waals surface area contributed by atoms with Crippen LogP contribution in [0.25, 0.3) is 0 Å². The van der Waals surface area contributed by atoms with Gasteiger partial charge < -0.3 is 24.6 Å². The number of carbonyl (C=O) groups is 2. The van der Waals surface area contributed by atoms with E-state index in [4.69, 9.17) is 21.1 Å². The summed E-state index contributed by atoms with van der Waals surface area (Å²) < 4.78 is 11.4. The van der Waals surface area contributed by atoms with E-state index in [2.05, 4.69) is 5.32 Å². The highest BCUT2D eigenvalue weighted by Crippen LogP contribution is 2.41. The molecule has 1 fully saturated rings. The molecule has 2 amide bonds. The van der Waals surface area contributed by atoms with Gasteiger partial charge in [-0.25, -0.2) is 0 Å². The van der Waals surface area contributed by atoms with E-state index >= 15 is 0 Å². The van der Waals surface area contributed by atoms with Gasteiger partial charge in [0.05, 0.1) is 16.3 Å². The SMILES string of the molecule is CCOCCCN1C(=O)C(C)(C)Oc2cc(Cl)c(C(=O)N(C(C)C)[C@@H]3CCCNC3)cc21. The number of rotatable bonds is 8. The highest BCUT2D eigenvalue weighted by atomic mass is 35.5. The summed E-state index contributed by atoms with van der Waals surface area (Å²) in [6.07, 6.45) is 2.68. The minimum atomic E-state index is -1.01. The lowest BCUT2D eigenvalue weighted by Gasteiger charge is -2.40. The van der Waals surface area contributed by atoms with Gasteiger partial charge in [-0.1, -0.05) is 11.6 Å². The molecule has 1 aromatic carbocycles. The third-order valence-corrected chi connectivity index (χ3v) is 6.34. The van der Waals surface area contributed by atoms with Crippen LogP contribution in [-0.4, -0.2) is 67.2 Å². The molecule has 2 heterocycles. The van der Waals surface area contributed by atoms with Gasteiger partial charge in [-0.3, -0.25) is 9.59 Å². The Bertz CT molecular complexity index is 837. The molecule has 0 aliphatic carbocycles. The van der Waals surface area contributed by atoms with E-state index in [1.165, 1.54) is 0 Å². The summed E-state index contributed by atoms with van der Waals surface area (Å²) in [6, 6.07) is 3.53. The van der Waals surface area contributed by atoms with Crippen molar-refractivity contribution in [2.24, 2.45) is 0 Å². The van der Waals surface area contributed by atoms with Gasteiger partial charge in [-0.2, -0.15) is 0 Å². The zero-order chi connectivity index (χ0) is 23.5. The topological polar surface area (TPSA) is 71.1 Å². The van der Waals surface area contributed by atoms with E-state index < -0.39 is 5.60 Å². The normalized spacial score (nSPS) is 20.2. The van der Waals surface area contributed by atoms with Gasteiger partial charge in [0.2, 0.25) is 0 Å². The molecule has 0 saturated carbocycles. The van der Waals surface area contributed by atoms with Crippen molar-refractivity contribution < 1.29 is 19.1 Å². The Hall–Kier alpha value is -1.83. The number of amides is 2. The van der Waals surface area contributed by atoms with Crippen LogP contribution in [0.2, 0.25) is 5.02 Å². The minimum Gasteiger partial charge on any atom is -0.476 e. The van der Waals surface area contributed by atoms with Crippen molar-refractivity contribution >= 4 is 29.1 Å². The average molecular weight is 466 g/mol. The fourth-order valence-electron chi connectivity index (χ4n) is 4.48. The van der Waals surface area contributed by atoms with Crippen molar-refractivity contribution in [2.45, 2.75) is 71.6 Å². The summed E-state index contributed by atoms with van der Waals surface area (Å²) in [4.78, 5) is 30.4. The monoisotopic (exact) mass is 465 g/mol. The third kappa shape index (κ3) is 5.21. The molecule has 1 N–H and O–H groups in total. The molecule has 8 heteroatoms. The van der Waals surface area contributed by atoms with Crippen LogP contribution < -0.4 is 15.0 Å². The summed E-state index contributed by atoms with van der Waals surface area (Å²) in [7, 11) is 0. The number of benzene rings is 1. The van der Waals surface area contributed by atoms with Gasteiger partial charge in [0, 0.05) is 44.5 Å². The van der Waals surface area contributed by atoms with E-state index in [9.17, 15) is 9.59 Å². The molecule has 0 spiro atoms. The number of nitrogens with zero attached hydrogens (tertiary/aromatic N) is 2. The summed E-state index contributed by atoms with van der Waals surface area (Å²) in [5.41, 5.74) is -0.0229. The van der Waals surface area contributed by atoms with Crippen molar-refractivity contribution in [3.8, 4) is 5.75 Å². The van der Waals surface area contributed by atoms with Gasteiger partial charge in [0.1, 0.15) is 5.75 Å². The maximum absolute atomic E-state index is 13.7. The molecule has 1 saturated heterocycles. The molecular weight excluding hydrogens is 430 g/mol. The van der Waals surface area contributed by atoms with E-state index in [1.807, 2.05) is 25.7 Å². The Labute approximate surface area is 196 Å². The highest BCUT2D eigenvalue weighted by molar-refractivity contribution is 6.34. The minimum absolute atomic E-state index is 0.0265. The lowest BCUT2D eigenvalue weighted by atomic mass is 10.00. The molecule has 7 nitrogen and oxygen atoms in total. The first-order valence-corrected chi connectivity index (χ1v) is 12.0. The number of halogens is 1. The molecule has 3 rings (SSSR count). The predicted octanol–water partition coefficient (Wildman–Crippen LogP) is 3.87. The predicted molar refractivity (Wildman–Crippen MR) is 127 cm³/mol. The first-order valence-electron chi connectivity index (χ1n) is 11.6. The summed E-state index contributed by atoms with van der Waals surface area (Å²) in [5.74, 6) is 0.260. The summed E-state index contributed by atoms with van der Waals surface area (Å²) in [6.45, 7) is 12.9. The third-order valence-electron chi connectivity index (χ3n) is 6.02. The number of fused-ring (bicyclic) bond motifs is 1. The van der Waals surface area contributed by atoms with Crippen molar-refractivity contribution in [1.82, 2.24) is 10.2 Å². The van der Waals surface area contributed by atoms with Gasteiger partial charge in [-0.05, 0) is 66.5 Å². The van der Waals surface area contributed by atoms with Crippen molar-refractivity contribution in [2.75, 3.05) is 37.7 Å². The van der Waals surface area contributed by atoms with Gasteiger partial charge in [0.15, 0.2) is 5.60 Å². The van der Waals surface area contributed by atoms with Crippen LogP contribution in [0.1, 0.15) is 64.2 Å². The fraction of sp³-hybridized carbons (Fsp3) is 0.667. The van der Waals surface area contributed by atoms with E-state index in [-0.39, 0.29) is 23.9 Å². The van der Waals surface area contributed by atoms with Crippen molar-refractivity contribution in [1.29, 1.82) is 0 Å². The second-order valence-corrected chi connectivity index (χ2v) is 9.63. The van der Waals surface area contributed by atoms with Gasteiger partial charge in [-0.15, -0.1) is 0 Å². The van der Waals surface area contributed by atoms with Crippen LogP contribution in [0.15, 0.2) is 12.1 Å². The smallest absolute Gasteiger partial charge is 0.270 e. The van der Waals surface area contributed by atoms with E-state index in [0.29, 0.717) is 48.2 Å². The van der Waals surface area contributed by atoms with Crippen LogP contribution in [-0.2, 0) is 9.53 Å². The van der Waals surface area contributed by atoms with Crippen molar-refractivity contribution in [3.63, 3.8) is 0 Å². The number of nitrogens with one attached hydrogen (secondary N) is 1. The molecule has 32 heavy (non-hydrogen) atoms. The lowest BCUT2D eigenvalue weighted by Crippen LogP contribution is -2.53. The number of piperidine rings is 1. The maximum Gasteiger partial charge on any atom is 0.270 e.